The molecule has 104 valence electrons. The fraction of sp³-hybridized carbons (Fsp3) is 0.500. The number of para-hydroxylation sites is 2. The van der Waals surface area contributed by atoms with Crippen LogP contribution < -0.4 is 5.32 Å². The molecule has 19 heavy (non-hydrogen) atoms. The third-order valence-corrected chi connectivity index (χ3v) is 3.88. The minimum atomic E-state index is 0.192. The van der Waals surface area contributed by atoms with E-state index in [4.69, 9.17) is 0 Å². The predicted octanol–water partition coefficient (Wildman–Crippen LogP) is 2.41. The highest BCUT2D eigenvalue weighted by molar-refractivity contribution is 7.99. The van der Waals surface area contributed by atoms with Crippen molar-refractivity contribution in [3.8, 4) is 0 Å². The van der Waals surface area contributed by atoms with Crippen molar-refractivity contribution >= 4 is 22.8 Å². The Balaban J connectivity index is 1.81. The largest absolute Gasteiger partial charge is 0.395 e. The number of hydrogen-bond donors (Lipinski definition) is 3. The van der Waals surface area contributed by atoms with E-state index >= 15 is 0 Å². The number of H-pyrrole nitrogens is 1. The summed E-state index contributed by atoms with van der Waals surface area (Å²) < 4.78 is 0. The van der Waals surface area contributed by atoms with E-state index in [-0.39, 0.29) is 12.6 Å². The fourth-order valence-electron chi connectivity index (χ4n) is 1.90. The van der Waals surface area contributed by atoms with E-state index in [9.17, 15) is 5.11 Å². The molecule has 0 spiro atoms. The van der Waals surface area contributed by atoms with E-state index in [1.54, 1.807) is 11.8 Å². The van der Waals surface area contributed by atoms with Gasteiger partial charge >= 0.3 is 0 Å². The SMILES string of the molecule is CCCNC(CO)CCSc1nc2ccccc2[nH]1. The van der Waals surface area contributed by atoms with Crippen LogP contribution in [0.15, 0.2) is 29.4 Å². The van der Waals surface area contributed by atoms with E-state index < -0.39 is 0 Å². The van der Waals surface area contributed by atoms with Crippen LogP contribution in [-0.2, 0) is 0 Å². The Morgan fingerprint density at radius 2 is 2.26 bits per heavy atom. The Labute approximate surface area is 118 Å². The Hall–Kier alpha value is -1.04. The van der Waals surface area contributed by atoms with Gasteiger partial charge in [0.15, 0.2) is 5.16 Å². The lowest BCUT2D eigenvalue weighted by Crippen LogP contribution is -2.33. The number of aliphatic hydroxyl groups excluding tert-OH is 1. The molecule has 1 heterocycles. The van der Waals surface area contributed by atoms with Crippen LogP contribution in [0.25, 0.3) is 11.0 Å². The second-order valence-corrected chi connectivity index (χ2v) is 5.61. The first kappa shape index (κ1) is 14.4. The van der Waals surface area contributed by atoms with Crippen LogP contribution >= 0.6 is 11.8 Å². The molecule has 0 aliphatic rings. The summed E-state index contributed by atoms with van der Waals surface area (Å²) in [6, 6.07) is 8.23. The molecular weight excluding hydrogens is 258 g/mol. The summed E-state index contributed by atoms with van der Waals surface area (Å²) in [7, 11) is 0. The number of aliphatic hydroxyl groups is 1. The van der Waals surface area contributed by atoms with E-state index in [0.29, 0.717) is 0 Å². The van der Waals surface area contributed by atoms with Crippen LogP contribution in [0, 0.1) is 0 Å². The molecule has 1 aromatic carbocycles. The smallest absolute Gasteiger partial charge is 0.166 e. The van der Waals surface area contributed by atoms with Gasteiger partial charge in [-0.3, -0.25) is 0 Å². The molecule has 5 heteroatoms. The molecule has 1 aromatic heterocycles. The van der Waals surface area contributed by atoms with Crippen LogP contribution in [-0.4, -0.2) is 40.0 Å². The molecule has 0 amide bonds. The maximum Gasteiger partial charge on any atom is 0.166 e. The van der Waals surface area contributed by atoms with Gasteiger partial charge in [0.05, 0.1) is 17.6 Å². The molecule has 1 atom stereocenters. The van der Waals surface area contributed by atoms with Crippen LogP contribution in [0.5, 0.6) is 0 Å². The van der Waals surface area contributed by atoms with Gasteiger partial charge in [-0.15, -0.1) is 0 Å². The predicted molar refractivity (Wildman–Crippen MR) is 80.6 cm³/mol. The van der Waals surface area contributed by atoms with Gasteiger partial charge in [0.25, 0.3) is 0 Å². The van der Waals surface area contributed by atoms with E-state index in [0.717, 1.165) is 41.3 Å². The molecule has 0 saturated heterocycles. The number of imidazole rings is 1. The van der Waals surface area contributed by atoms with Crippen molar-refractivity contribution in [2.24, 2.45) is 0 Å². The first-order chi connectivity index (χ1) is 9.33. The minimum Gasteiger partial charge on any atom is -0.395 e. The maximum atomic E-state index is 9.27. The molecule has 0 fully saturated rings. The Morgan fingerprint density at radius 3 is 3.00 bits per heavy atom. The average Bonchev–Trinajstić information content (AvgIpc) is 2.85. The van der Waals surface area contributed by atoms with Gasteiger partial charge in [0, 0.05) is 11.8 Å². The standard InChI is InChI=1S/C14H21N3OS/c1-2-8-15-11(10-18)7-9-19-14-16-12-5-3-4-6-13(12)17-14/h3-6,11,15,18H,2,7-10H2,1H3,(H,16,17). The average molecular weight is 279 g/mol. The highest BCUT2D eigenvalue weighted by Crippen LogP contribution is 2.20. The van der Waals surface area contributed by atoms with Crippen molar-refractivity contribution in [2.45, 2.75) is 31.0 Å². The molecule has 1 unspecified atom stereocenters. The normalized spacial score (nSPS) is 12.9. The zero-order valence-electron chi connectivity index (χ0n) is 11.2. The van der Waals surface area contributed by atoms with Gasteiger partial charge in [0.1, 0.15) is 0 Å². The van der Waals surface area contributed by atoms with Gasteiger partial charge in [-0.2, -0.15) is 0 Å². The Bertz CT molecular complexity index is 467. The first-order valence-electron chi connectivity index (χ1n) is 6.75. The van der Waals surface area contributed by atoms with Crippen molar-refractivity contribution in [3.63, 3.8) is 0 Å². The lowest BCUT2D eigenvalue weighted by molar-refractivity contribution is 0.240. The van der Waals surface area contributed by atoms with Gasteiger partial charge < -0.3 is 15.4 Å². The van der Waals surface area contributed by atoms with Crippen molar-refractivity contribution in [2.75, 3.05) is 18.9 Å². The summed E-state index contributed by atoms with van der Waals surface area (Å²) >= 11 is 1.71. The second kappa shape index (κ2) is 7.53. The summed E-state index contributed by atoms with van der Waals surface area (Å²) in [4.78, 5) is 7.82. The van der Waals surface area contributed by atoms with Gasteiger partial charge in [-0.05, 0) is 31.5 Å². The van der Waals surface area contributed by atoms with Crippen molar-refractivity contribution in [1.29, 1.82) is 0 Å². The van der Waals surface area contributed by atoms with Crippen LogP contribution in [0.4, 0.5) is 0 Å². The van der Waals surface area contributed by atoms with Gasteiger partial charge in [0.2, 0.25) is 0 Å². The quantitative estimate of drug-likeness (QED) is 0.649. The zero-order valence-corrected chi connectivity index (χ0v) is 12.0. The minimum absolute atomic E-state index is 0.192. The second-order valence-electron chi connectivity index (χ2n) is 4.53. The Morgan fingerprint density at radius 1 is 1.42 bits per heavy atom. The number of nitrogens with one attached hydrogen (secondary N) is 2. The molecule has 4 nitrogen and oxygen atoms in total. The number of nitrogens with zero attached hydrogens (tertiary/aromatic N) is 1. The summed E-state index contributed by atoms with van der Waals surface area (Å²) in [5.41, 5.74) is 2.08. The van der Waals surface area contributed by atoms with Gasteiger partial charge in [-0.25, -0.2) is 4.98 Å². The Kier molecular flexibility index (Phi) is 5.69. The van der Waals surface area contributed by atoms with Crippen molar-refractivity contribution < 1.29 is 5.11 Å². The summed E-state index contributed by atoms with van der Waals surface area (Å²) in [5.74, 6) is 0.946. The summed E-state index contributed by atoms with van der Waals surface area (Å²) in [5, 5.41) is 13.6. The first-order valence-corrected chi connectivity index (χ1v) is 7.74. The topological polar surface area (TPSA) is 60.9 Å². The third kappa shape index (κ3) is 4.23. The van der Waals surface area contributed by atoms with Crippen LogP contribution in [0.3, 0.4) is 0 Å². The molecule has 0 bridgehead atoms. The number of hydrogen-bond acceptors (Lipinski definition) is 4. The summed E-state index contributed by atoms with van der Waals surface area (Å²) in [6.07, 6.45) is 2.03. The number of thioether (sulfide) groups is 1. The number of rotatable bonds is 8. The molecule has 0 saturated carbocycles. The van der Waals surface area contributed by atoms with E-state index in [1.165, 1.54) is 0 Å². The maximum absolute atomic E-state index is 9.27. The molecule has 2 aromatic rings. The third-order valence-electron chi connectivity index (χ3n) is 2.98. The number of benzene rings is 1. The number of aromatic amines is 1. The molecule has 0 aliphatic carbocycles. The molecule has 0 aliphatic heterocycles. The van der Waals surface area contributed by atoms with Crippen LogP contribution in [0.1, 0.15) is 19.8 Å². The lowest BCUT2D eigenvalue weighted by atomic mass is 10.2. The number of aromatic nitrogens is 2. The molecule has 2 rings (SSSR count). The molecule has 0 radical (unpaired) electrons. The number of fused-ring (bicyclic) bond motifs is 1. The molecule has 3 N–H and O–H groups in total. The highest BCUT2D eigenvalue weighted by Gasteiger charge is 2.07. The molecular formula is C14H21N3OS. The van der Waals surface area contributed by atoms with E-state index in [1.807, 2.05) is 24.3 Å². The van der Waals surface area contributed by atoms with E-state index in [2.05, 4.69) is 22.2 Å². The lowest BCUT2D eigenvalue weighted by Gasteiger charge is -2.14. The summed E-state index contributed by atoms with van der Waals surface area (Å²) in [6.45, 7) is 3.28. The zero-order chi connectivity index (χ0) is 13.5. The van der Waals surface area contributed by atoms with Crippen LogP contribution in [0.2, 0.25) is 0 Å². The highest BCUT2D eigenvalue weighted by atomic mass is 32.2. The van der Waals surface area contributed by atoms with Crippen molar-refractivity contribution in [1.82, 2.24) is 15.3 Å². The fourth-order valence-corrected chi connectivity index (χ4v) is 2.84. The van der Waals surface area contributed by atoms with Gasteiger partial charge in [-0.1, -0.05) is 30.8 Å². The van der Waals surface area contributed by atoms with Crippen molar-refractivity contribution in [3.05, 3.63) is 24.3 Å². The monoisotopic (exact) mass is 279 g/mol.